The number of aliphatic carboxylic acids is 1. The maximum absolute atomic E-state index is 12.0. The van der Waals surface area contributed by atoms with Crippen molar-refractivity contribution in [3.05, 3.63) is 0 Å². The number of urea groups is 1. The lowest BCUT2D eigenvalue weighted by molar-refractivity contribution is -0.139. The van der Waals surface area contributed by atoms with Gasteiger partial charge < -0.3 is 19.6 Å². The van der Waals surface area contributed by atoms with Crippen molar-refractivity contribution in [2.75, 3.05) is 39.4 Å². The molecule has 0 saturated carbocycles. The van der Waals surface area contributed by atoms with E-state index in [1.165, 1.54) is 0 Å². The molecule has 0 aromatic heterocycles. The third-order valence-corrected chi connectivity index (χ3v) is 3.05. The van der Waals surface area contributed by atoms with E-state index in [0.29, 0.717) is 39.4 Å². The largest absolute Gasteiger partial charge is 0.481 e. The Morgan fingerprint density at radius 2 is 2.06 bits per heavy atom. The van der Waals surface area contributed by atoms with Gasteiger partial charge in [0.1, 0.15) is 0 Å². The monoisotopic (exact) mass is 258 g/mol. The average molecular weight is 258 g/mol. The first-order valence-electron chi connectivity index (χ1n) is 6.41. The zero-order chi connectivity index (χ0) is 13.5. The molecular weight excluding hydrogens is 236 g/mol. The number of carboxylic acids is 1. The summed E-state index contributed by atoms with van der Waals surface area (Å²) in [4.78, 5) is 26.0. The van der Waals surface area contributed by atoms with Gasteiger partial charge in [0.25, 0.3) is 0 Å². The average Bonchev–Trinajstić information content (AvgIpc) is 2.28. The molecule has 1 fully saturated rings. The van der Waals surface area contributed by atoms with Gasteiger partial charge in [0.15, 0.2) is 0 Å². The molecule has 18 heavy (non-hydrogen) atoms. The molecule has 2 amide bonds. The van der Waals surface area contributed by atoms with Crippen molar-refractivity contribution in [3.8, 4) is 0 Å². The summed E-state index contributed by atoms with van der Waals surface area (Å²) in [6.45, 7) is 7.38. The van der Waals surface area contributed by atoms with E-state index in [9.17, 15) is 9.59 Å². The van der Waals surface area contributed by atoms with Crippen LogP contribution >= 0.6 is 0 Å². The van der Waals surface area contributed by atoms with Crippen LogP contribution in [0.2, 0.25) is 0 Å². The summed E-state index contributed by atoms with van der Waals surface area (Å²) >= 11 is 0. The molecule has 0 radical (unpaired) electrons. The molecule has 0 aromatic rings. The van der Waals surface area contributed by atoms with Crippen molar-refractivity contribution < 1.29 is 19.4 Å². The van der Waals surface area contributed by atoms with Crippen molar-refractivity contribution in [1.82, 2.24) is 9.80 Å². The van der Waals surface area contributed by atoms with Crippen molar-refractivity contribution in [2.45, 2.75) is 20.3 Å². The van der Waals surface area contributed by atoms with Gasteiger partial charge in [-0.1, -0.05) is 0 Å². The second kappa shape index (κ2) is 7.20. The SMILES string of the molecule is CCOCCN(CC)C(=O)N1CC(CC(=O)O)C1. The lowest BCUT2D eigenvalue weighted by atomic mass is 9.97. The van der Waals surface area contributed by atoms with E-state index < -0.39 is 5.97 Å². The number of rotatable bonds is 7. The highest BCUT2D eigenvalue weighted by molar-refractivity contribution is 5.76. The number of carbonyl (C=O) groups is 2. The lowest BCUT2D eigenvalue weighted by Crippen LogP contribution is -2.55. The molecule has 0 unspecified atom stereocenters. The molecule has 0 aliphatic carbocycles. The van der Waals surface area contributed by atoms with Crippen molar-refractivity contribution in [1.29, 1.82) is 0 Å². The Labute approximate surface area is 107 Å². The second-order valence-electron chi connectivity index (χ2n) is 4.43. The van der Waals surface area contributed by atoms with Gasteiger partial charge in [-0.25, -0.2) is 4.79 Å². The number of amides is 2. The van der Waals surface area contributed by atoms with E-state index in [2.05, 4.69) is 0 Å². The quantitative estimate of drug-likeness (QED) is 0.688. The number of likely N-dealkylation sites (N-methyl/N-ethyl adjacent to an activating group) is 1. The van der Waals surface area contributed by atoms with Gasteiger partial charge in [0.05, 0.1) is 13.0 Å². The highest BCUT2D eigenvalue weighted by Crippen LogP contribution is 2.20. The maximum atomic E-state index is 12.0. The van der Waals surface area contributed by atoms with E-state index in [1.807, 2.05) is 13.8 Å². The molecule has 1 saturated heterocycles. The van der Waals surface area contributed by atoms with Crippen molar-refractivity contribution in [3.63, 3.8) is 0 Å². The van der Waals surface area contributed by atoms with E-state index in [4.69, 9.17) is 9.84 Å². The Morgan fingerprint density at radius 1 is 1.39 bits per heavy atom. The Kier molecular flexibility index (Phi) is 5.91. The zero-order valence-corrected chi connectivity index (χ0v) is 11.1. The highest BCUT2D eigenvalue weighted by Gasteiger charge is 2.33. The fraction of sp³-hybridized carbons (Fsp3) is 0.833. The molecule has 6 nitrogen and oxygen atoms in total. The number of carboxylic acid groups (broad SMARTS) is 1. The van der Waals surface area contributed by atoms with Crippen molar-refractivity contribution >= 4 is 12.0 Å². The highest BCUT2D eigenvalue weighted by atomic mass is 16.5. The zero-order valence-electron chi connectivity index (χ0n) is 11.1. The van der Waals surface area contributed by atoms with Crippen LogP contribution in [0.25, 0.3) is 0 Å². The number of likely N-dealkylation sites (tertiary alicyclic amines) is 1. The minimum absolute atomic E-state index is 0.0150. The molecule has 1 heterocycles. The van der Waals surface area contributed by atoms with E-state index >= 15 is 0 Å². The van der Waals surface area contributed by atoms with Gasteiger partial charge in [-0.3, -0.25) is 4.79 Å². The molecule has 0 spiro atoms. The number of ether oxygens (including phenoxy) is 1. The standard InChI is InChI=1S/C12H22N2O4/c1-3-13(5-6-18-4-2)12(17)14-8-10(9-14)7-11(15)16/h10H,3-9H2,1-2H3,(H,15,16). The van der Waals surface area contributed by atoms with E-state index in [0.717, 1.165) is 0 Å². The van der Waals surface area contributed by atoms with Crippen LogP contribution in [0.3, 0.4) is 0 Å². The third kappa shape index (κ3) is 4.18. The van der Waals surface area contributed by atoms with E-state index in [1.54, 1.807) is 9.80 Å². The number of hydrogen-bond donors (Lipinski definition) is 1. The van der Waals surface area contributed by atoms with Crippen LogP contribution in [0.5, 0.6) is 0 Å². The fourth-order valence-corrected chi connectivity index (χ4v) is 2.01. The van der Waals surface area contributed by atoms with Crippen molar-refractivity contribution in [2.24, 2.45) is 5.92 Å². The summed E-state index contributed by atoms with van der Waals surface area (Å²) in [6, 6.07) is -0.0150. The minimum Gasteiger partial charge on any atom is -0.481 e. The van der Waals surface area contributed by atoms with Gasteiger partial charge in [-0.15, -0.1) is 0 Å². The van der Waals surface area contributed by atoms with Gasteiger partial charge in [-0.05, 0) is 13.8 Å². The van der Waals surface area contributed by atoms with Gasteiger partial charge in [0.2, 0.25) is 0 Å². The maximum Gasteiger partial charge on any atom is 0.320 e. The summed E-state index contributed by atoms with van der Waals surface area (Å²) in [6.07, 6.45) is 0.148. The summed E-state index contributed by atoms with van der Waals surface area (Å²) < 4.78 is 5.23. The van der Waals surface area contributed by atoms with Crippen LogP contribution in [-0.2, 0) is 9.53 Å². The van der Waals surface area contributed by atoms with Gasteiger partial charge in [0, 0.05) is 38.7 Å². The lowest BCUT2D eigenvalue weighted by Gasteiger charge is -2.41. The first kappa shape index (κ1) is 14.8. The van der Waals surface area contributed by atoms with Gasteiger partial charge >= 0.3 is 12.0 Å². The Morgan fingerprint density at radius 3 is 2.56 bits per heavy atom. The summed E-state index contributed by atoms with van der Waals surface area (Å²) in [5.41, 5.74) is 0. The molecule has 1 N–H and O–H groups in total. The minimum atomic E-state index is -0.796. The Balaban J connectivity index is 2.28. The molecule has 0 bridgehead atoms. The first-order valence-corrected chi connectivity index (χ1v) is 6.41. The normalized spacial score (nSPS) is 15.3. The Hall–Kier alpha value is -1.30. The predicted octanol–water partition coefficient (Wildman–Crippen LogP) is 0.871. The third-order valence-electron chi connectivity index (χ3n) is 3.05. The van der Waals surface area contributed by atoms with Crippen LogP contribution in [-0.4, -0.2) is 66.3 Å². The van der Waals surface area contributed by atoms with Crippen LogP contribution < -0.4 is 0 Å². The second-order valence-corrected chi connectivity index (χ2v) is 4.43. The summed E-state index contributed by atoms with van der Waals surface area (Å²) in [7, 11) is 0. The molecule has 1 rings (SSSR count). The van der Waals surface area contributed by atoms with Crippen LogP contribution in [0, 0.1) is 5.92 Å². The molecule has 0 aromatic carbocycles. The van der Waals surface area contributed by atoms with Crippen LogP contribution in [0.15, 0.2) is 0 Å². The Bertz CT molecular complexity index is 290. The first-order chi connectivity index (χ1) is 8.58. The molecule has 104 valence electrons. The summed E-state index contributed by atoms with van der Waals surface area (Å²) in [5.74, 6) is -0.687. The van der Waals surface area contributed by atoms with E-state index in [-0.39, 0.29) is 18.4 Å². The van der Waals surface area contributed by atoms with Crippen LogP contribution in [0.1, 0.15) is 20.3 Å². The molecular formula is C12H22N2O4. The molecule has 0 atom stereocenters. The molecule has 6 heteroatoms. The smallest absolute Gasteiger partial charge is 0.320 e. The van der Waals surface area contributed by atoms with Crippen LogP contribution in [0.4, 0.5) is 4.79 Å². The predicted molar refractivity (Wildman–Crippen MR) is 66.5 cm³/mol. The van der Waals surface area contributed by atoms with Gasteiger partial charge in [-0.2, -0.15) is 0 Å². The number of hydrogen-bond acceptors (Lipinski definition) is 3. The summed E-state index contributed by atoms with van der Waals surface area (Å²) in [5, 5.41) is 8.64. The fourth-order valence-electron chi connectivity index (χ4n) is 2.01. The molecule has 1 aliphatic rings. The number of nitrogens with zero attached hydrogens (tertiary/aromatic N) is 2. The topological polar surface area (TPSA) is 70.1 Å². The number of carbonyl (C=O) groups excluding carboxylic acids is 1. The molecule has 1 aliphatic heterocycles.